The summed E-state index contributed by atoms with van der Waals surface area (Å²) in [6.45, 7) is 2.33. The van der Waals surface area contributed by atoms with Crippen LogP contribution in [-0.4, -0.2) is 32.3 Å². The van der Waals surface area contributed by atoms with Gasteiger partial charge in [0.15, 0.2) is 5.82 Å². The largest absolute Gasteiger partial charge is 0.350 e. The minimum absolute atomic E-state index is 0.195. The lowest BCUT2D eigenvalue weighted by Gasteiger charge is -2.03. The average Bonchev–Trinajstić information content (AvgIpc) is 3.04. The Bertz CT molecular complexity index is 780. The molecule has 0 atom stereocenters. The molecule has 2 heterocycles. The zero-order valence-electron chi connectivity index (χ0n) is 11.2. The van der Waals surface area contributed by atoms with Gasteiger partial charge in [-0.1, -0.05) is 35.1 Å². The summed E-state index contributed by atoms with van der Waals surface area (Å²) in [5.74, 6) is 0.473. The van der Waals surface area contributed by atoms with E-state index in [0.29, 0.717) is 27.4 Å². The van der Waals surface area contributed by atoms with E-state index in [2.05, 4.69) is 20.6 Å². The van der Waals surface area contributed by atoms with Gasteiger partial charge in [0.2, 0.25) is 9.97 Å². The summed E-state index contributed by atoms with van der Waals surface area (Å²) in [5.41, 5.74) is 1.12. The molecule has 0 aliphatic rings. The van der Waals surface area contributed by atoms with Crippen molar-refractivity contribution >= 4 is 33.8 Å². The molecule has 108 valence electrons. The van der Waals surface area contributed by atoms with Gasteiger partial charge in [0.25, 0.3) is 5.91 Å². The maximum Gasteiger partial charge on any atom is 0.282 e. The number of hydrogen-bond acceptors (Lipinski definition) is 5. The molecule has 0 unspecified atom stereocenters. The first kappa shape index (κ1) is 14.0. The molecule has 0 saturated carbocycles. The third-order valence-electron chi connectivity index (χ3n) is 2.95. The number of nitrogens with zero attached hydrogens (tertiary/aromatic N) is 4. The molecule has 6 nitrogen and oxygen atoms in total. The molecule has 3 aromatic rings. The summed E-state index contributed by atoms with van der Waals surface area (Å²) >= 11 is 7.05. The van der Waals surface area contributed by atoms with E-state index in [0.717, 1.165) is 12.0 Å². The average molecular weight is 322 g/mol. The minimum Gasteiger partial charge on any atom is -0.350 e. The third kappa shape index (κ3) is 3.03. The summed E-state index contributed by atoms with van der Waals surface area (Å²) in [5, 5.41) is 15.9. The number of aryl methyl sites for hydroxylation is 1. The van der Waals surface area contributed by atoms with Crippen molar-refractivity contribution in [3.63, 3.8) is 0 Å². The molecule has 2 aromatic heterocycles. The third-order valence-corrected chi connectivity index (χ3v) is 4.10. The molecule has 1 N–H and O–H groups in total. The number of hydrogen-bond donors (Lipinski definition) is 1. The summed E-state index contributed by atoms with van der Waals surface area (Å²) in [7, 11) is 0. The molecule has 0 fully saturated rings. The quantitative estimate of drug-likeness (QED) is 0.799. The number of halogens is 1. The van der Waals surface area contributed by atoms with Gasteiger partial charge in [0.05, 0.1) is 0 Å². The summed E-state index contributed by atoms with van der Waals surface area (Å²) in [4.78, 5) is 12.6. The second-order valence-corrected chi connectivity index (χ2v) is 5.87. The molecule has 0 spiro atoms. The standard InChI is InChI=1S/C13H12ClN5OS/c1-8-16-17-13-19(8)18-12(21-13)11(20)15-7-6-9-2-4-10(14)5-3-9/h2-5H,6-7H2,1H3,(H,15,20). The molecular weight excluding hydrogens is 310 g/mol. The van der Waals surface area contributed by atoms with Crippen molar-refractivity contribution in [2.24, 2.45) is 0 Å². The Morgan fingerprint density at radius 3 is 2.81 bits per heavy atom. The van der Waals surface area contributed by atoms with E-state index in [-0.39, 0.29) is 5.91 Å². The van der Waals surface area contributed by atoms with Crippen LogP contribution in [0.25, 0.3) is 4.96 Å². The monoisotopic (exact) mass is 321 g/mol. The normalized spacial score (nSPS) is 11.0. The second-order valence-electron chi connectivity index (χ2n) is 4.48. The molecule has 0 bridgehead atoms. The topological polar surface area (TPSA) is 72.2 Å². The SMILES string of the molecule is Cc1nnc2sc(C(=O)NCCc3ccc(Cl)cc3)nn12. The fourth-order valence-electron chi connectivity index (χ4n) is 1.85. The van der Waals surface area contributed by atoms with E-state index in [9.17, 15) is 4.79 Å². The highest BCUT2D eigenvalue weighted by atomic mass is 35.5. The first-order valence-electron chi connectivity index (χ1n) is 6.35. The lowest BCUT2D eigenvalue weighted by Crippen LogP contribution is -2.25. The van der Waals surface area contributed by atoms with Crippen LogP contribution >= 0.6 is 22.9 Å². The van der Waals surface area contributed by atoms with Gasteiger partial charge in [0.1, 0.15) is 0 Å². The van der Waals surface area contributed by atoms with Gasteiger partial charge in [-0.05, 0) is 31.0 Å². The van der Waals surface area contributed by atoms with Gasteiger partial charge >= 0.3 is 0 Å². The Balaban J connectivity index is 1.59. The predicted octanol–water partition coefficient (Wildman–Crippen LogP) is 2.12. The van der Waals surface area contributed by atoms with Crippen molar-refractivity contribution in [3.8, 4) is 0 Å². The zero-order valence-corrected chi connectivity index (χ0v) is 12.8. The molecule has 0 radical (unpaired) electrons. The summed E-state index contributed by atoms with van der Waals surface area (Å²) < 4.78 is 1.57. The zero-order chi connectivity index (χ0) is 14.8. The van der Waals surface area contributed by atoms with Gasteiger partial charge < -0.3 is 5.32 Å². The van der Waals surface area contributed by atoms with Gasteiger partial charge in [-0.2, -0.15) is 4.52 Å². The van der Waals surface area contributed by atoms with Crippen LogP contribution in [0.15, 0.2) is 24.3 Å². The minimum atomic E-state index is -0.195. The van der Waals surface area contributed by atoms with Crippen LogP contribution in [0.5, 0.6) is 0 Å². The number of carbonyl (C=O) groups excluding carboxylic acids is 1. The van der Waals surface area contributed by atoms with Crippen LogP contribution in [0.4, 0.5) is 0 Å². The number of nitrogens with one attached hydrogen (secondary N) is 1. The molecule has 3 rings (SSSR count). The van der Waals surface area contributed by atoms with Crippen molar-refractivity contribution in [1.29, 1.82) is 0 Å². The first-order chi connectivity index (χ1) is 10.1. The Hall–Kier alpha value is -1.99. The fourth-order valence-corrected chi connectivity index (χ4v) is 2.78. The predicted molar refractivity (Wildman–Crippen MR) is 80.9 cm³/mol. The number of carbonyl (C=O) groups is 1. The maximum absolute atomic E-state index is 12.0. The van der Waals surface area contributed by atoms with Crippen LogP contribution in [0, 0.1) is 6.92 Å². The Labute approximate surface area is 129 Å². The highest BCUT2D eigenvalue weighted by Gasteiger charge is 2.14. The van der Waals surface area contributed by atoms with Gasteiger partial charge in [-0.25, -0.2) is 0 Å². The molecule has 0 saturated heterocycles. The highest BCUT2D eigenvalue weighted by molar-refractivity contribution is 7.18. The number of rotatable bonds is 4. The van der Waals surface area contributed by atoms with Crippen molar-refractivity contribution in [2.45, 2.75) is 13.3 Å². The number of amides is 1. The summed E-state index contributed by atoms with van der Waals surface area (Å²) in [6.07, 6.45) is 0.742. The van der Waals surface area contributed by atoms with Crippen molar-refractivity contribution in [3.05, 3.63) is 45.7 Å². The van der Waals surface area contributed by atoms with E-state index in [4.69, 9.17) is 11.6 Å². The Morgan fingerprint density at radius 1 is 1.33 bits per heavy atom. The van der Waals surface area contributed by atoms with Crippen molar-refractivity contribution < 1.29 is 4.79 Å². The molecule has 8 heteroatoms. The van der Waals surface area contributed by atoms with Crippen LogP contribution in [0.3, 0.4) is 0 Å². The first-order valence-corrected chi connectivity index (χ1v) is 7.54. The van der Waals surface area contributed by atoms with Gasteiger partial charge in [-0.15, -0.1) is 15.3 Å². The van der Waals surface area contributed by atoms with Crippen LogP contribution in [0.1, 0.15) is 21.2 Å². The van der Waals surface area contributed by atoms with Crippen molar-refractivity contribution in [1.82, 2.24) is 25.1 Å². The van der Waals surface area contributed by atoms with Gasteiger partial charge in [0, 0.05) is 11.6 Å². The maximum atomic E-state index is 12.0. The molecular formula is C13H12ClN5OS. The molecule has 21 heavy (non-hydrogen) atoms. The van der Waals surface area contributed by atoms with E-state index in [1.54, 1.807) is 11.4 Å². The molecule has 0 aliphatic heterocycles. The number of fused-ring (bicyclic) bond motifs is 1. The molecule has 1 aromatic carbocycles. The van der Waals surface area contributed by atoms with Crippen LogP contribution in [-0.2, 0) is 6.42 Å². The van der Waals surface area contributed by atoms with E-state index >= 15 is 0 Å². The lowest BCUT2D eigenvalue weighted by atomic mass is 10.1. The van der Waals surface area contributed by atoms with Crippen molar-refractivity contribution in [2.75, 3.05) is 6.54 Å². The lowest BCUT2D eigenvalue weighted by molar-refractivity contribution is 0.0952. The van der Waals surface area contributed by atoms with E-state index < -0.39 is 0 Å². The number of aromatic nitrogens is 4. The number of benzene rings is 1. The van der Waals surface area contributed by atoms with Gasteiger partial charge in [-0.3, -0.25) is 4.79 Å². The summed E-state index contributed by atoms with van der Waals surface area (Å²) in [6, 6.07) is 7.57. The van der Waals surface area contributed by atoms with E-state index in [1.165, 1.54) is 11.3 Å². The molecule has 1 amide bonds. The molecule has 0 aliphatic carbocycles. The van der Waals surface area contributed by atoms with Crippen LogP contribution in [0.2, 0.25) is 5.02 Å². The van der Waals surface area contributed by atoms with Crippen LogP contribution < -0.4 is 5.32 Å². The van der Waals surface area contributed by atoms with E-state index in [1.807, 2.05) is 24.3 Å². The fraction of sp³-hybridized carbons (Fsp3) is 0.231. The second kappa shape index (κ2) is 5.79. The Kier molecular flexibility index (Phi) is 3.85. The highest BCUT2D eigenvalue weighted by Crippen LogP contribution is 2.13. The Morgan fingerprint density at radius 2 is 2.10 bits per heavy atom. The smallest absolute Gasteiger partial charge is 0.282 e.